The lowest BCUT2D eigenvalue weighted by molar-refractivity contribution is -0.124. The van der Waals surface area contributed by atoms with Gasteiger partial charge in [-0.3, -0.25) is 9.59 Å². The zero-order chi connectivity index (χ0) is 19.7. The Bertz CT molecular complexity index is 1040. The van der Waals surface area contributed by atoms with Crippen LogP contribution in [0.5, 0.6) is 5.75 Å². The van der Waals surface area contributed by atoms with E-state index in [9.17, 15) is 14.4 Å². The van der Waals surface area contributed by atoms with E-state index in [0.717, 1.165) is 6.42 Å². The van der Waals surface area contributed by atoms with E-state index in [4.69, 9.17) is 4.74 Å². The average Bonchev–Trinajstić information content (AvgIpc) is 3.52. The van der Waals surface area contributed by atoms with Gasteiger partial charge in [-0.25, -0.2) is 9.69 Å². The van der Waals surface area contributed by atoms with Crippen LogP contribution < -0.4 is 9.64 Å². The summed E-state index contributed by atoms with van der Waals surface area (Å²) in [6.45, 7) is 0. The van der Waals surface area contributed by atoms with E-state index in [0.29, 0.717) is 28.8 Å². The van der Waals surface area contributed by atoms with E-state index in [-0.39, 0.29) is 35.5 Å². The summed E-state index contributed by atoms with van der Waals surface area (Å²) in [6, 6.07) is 15.4. The molecule has 6 atom stereocenters. The zero-order valence-corrected chi connectivity index (χ0v) is 15.6. The first-order valence-corrected chi connectivity index (χ1v) is 10.1. The molecule has 1 aliphatic heterocycles. The molecule has 5 heteroatoms. The van der Waals surface area contributed by atoms with Crippen LogP contribution >= 0.6 is 0 Å². The van der Waals surface area contributed by atoms with E-state index < -0.39 is 5.97 Å². The number of carbonyl (C=O) groups is 3. The highest BCUT2D eigenvalue weighted by Crippen LogP contribution is 2.65. The van der Waals surface area contributed by atoms with Crippen LogP contribution in [0.2, 0.25) is 0 Å². The molecule has 29 heavy (non-hydrogen) atoms. The number of benzene rings is 2. The fourth-order valence-corrected chi connectivity index (χ4v) is 5.64. The van der Waals surface area contributed by atoms with Crippen LogP contribution in [0.25, 0.3) is 0 Å². The second-order valence-corrected chi connectivity index (χ2v) is 8.42. The molecule has 2 bridgehead atoms. The molecule has 2 aromatic carbocycles. The van der Waals surface area contributed by atoms with Crippen molar-refractivity contribution in [2.45, 2.75) is 6.42 Å². The summed E-state index contributed by atoms with van der Waals surface area (Å²) >= 11 is 0. The van der Waals surface area contributed by atoms with Crippen molar-refractivity contribution in [2.24, 2.45) is 35.5 Å². The molecule has 0 spiro atoms. The molecule has 0 N–H and O–H groups in total. The fourth-order valence-electron chi connectivity index (χ4n) is 5.64. The summed E-state index contributed by atoms with van der Waals surface area (Å²) in [5.41, 5.74) is 0.760. The lowest BCUT2D eigenvalue weighted by Gasteiger charge is -2.37. The normalized spacial score (nSPS) is 33.4. The number of esters is 1. The molecule has 1 heterocycles. The second-order valence-electron chi connectivity index (χ2n) is 8.42. The molecule has 0 unspecified atom stereocenters. The Balaban J connectivity index is 1.30. The number of ether oxygens (including phenoxy) is 1. The predicted molar refractivity (Wildman–Crippen MR) is 105 cm³/mol. The highest BCUT2D eigenvalue weighted by molar-refractivity contribution is 6.23. The Kier molecular flexibility index (Phi) is 3.40. The van der Waals surface area contributed by atoms with Gasteiger partial charge < -0.3 is 4.74 Å². The zero-order valence-electron chi connectivity index (χ0n) is 15.6. The third-order valence-corrected chi connectivity index (χ3v) is 6.96. The summed E-state index contributed by atoms with van der Waals surface area (Å²) in [6.07, 6.45) is 5.45. The summed E-state index contributed by atoms with van der Waals surface area (Å²) in [5, 5.41) is 0. The lowest BCUT2D eigenvalue weighted by Crippen LogP contribution is -2.40. The first kappa shape index (κ1) is 16.7. The summed E-state index contributed by atoms with van der Waals surface area (Å²) in [5.74, 6) is 0.677. The summed E-state index contributed by atoms with van der Waals surface area (Å²) in [7, 11) is 0. The van der Waals surface area contributed by atoms with Gasteiger partial charge in [-0.05, 0) is 60.4 Å². The van der Waals surface area contributed by atoms with Gasteiger partial charge in [-0.15, -0.1) is 0 Å². The average molecular weight is 385 g/mol. The van der Waals surface area contributed by atoms with Gasteiger partial charge in [-0.2, -0.15) is 0 Å². The summed E-state index contributed by atoms with van der Waals surface area (Å²) in [4.78, 5) is 40.3. The highest BCUT2D eigenvalue weighted by Gasteiger charge is 2.67. The second kappa shape index (κ2) is 5.89. The molecule has 5 aliphatic rings. The largest absolute Gasteiger partial charge is 0.423 e. The molecule has 1 saturated heterocycles. The standard InChI is InChI=1S/C24H19NO4/c26-22-20-16-9-10-17(19-12-18(16)19)21(20)23(27)25(22)14-6-4-5-13(11-14)24(28)29-15-7-2-1-3-8-15/h1-11,16-21H,12H2/t16-,17-,18-,19-,20-,21+/m0/s1. The van der Waals surface area contributed by atoms with Crippen LogP contribution in [0.3, 0.4) is 0 Å². The Hall–Kier alpha value is -3.21. The number of hydrogen-bond donors (Lipinski definition) is 0. The molecular formula is C24H19NO4. The number of nitrogens with zero attached hydrogens (tertiary/aromatic N) is 1. The van der Waals surface area contributed by atoms with Crippen molar-refractivity contribution < 1.29 is 19.1 Å². The maximum Gasteiger partial charge on any atom is 0.343 e. The molecule has 2 amide bonds. The number of imide groups is 1. The molecule has 5 nitrogen and oxygen atoms in total. The number of rotatable bonds is 3. The lowest BCUT2D eigenvalue weighted by atomic mass is 9.63. The van der Waals surface area contributed by atoms with Gasteiger partial charge >= 0.3 is 5.97 Å². The van der Waals surface area contributed by atoms with Crippen molar-refractivity contribution in [3.05, 3.63) is 72.3 Å². The van der Waals surface area contributed by atoms with Gasteiger partial charge in [0.05, 0.1) is 23.1 Å². The molecule has 2 aromatic rings. The smallest absolute Gasteiger partial charge is 0.343 e. The first-order valence-electron chi connectivity index (χ1n) is 10.1. The molecule has 2 saturated carbocycles. The number of hydrogen-bond acceptors (Lipinski definition) is 4. The van der Waals surface area contributed by atoms with E-state index in [1.54, 1.807) is 48.5 Å². The van der Waals surface area contributed by atoms with E-state index in [2.05, 4.69) is 12.2 Å². The van der Waals surface area contributed by atoms with Gasteiger partial charge in [0, 0.05) is 0 Å². The molecule has 0 radical (unpaired) electrons. The quantitative estimate of drug-likeness (QED) is 0.351. The highest BCUT2D eigenvalue weighted by atomic mass is 16.5. The first-order chi connectivity index (χ1) is 14.1. The van der Waals surface area contributed by atoms with Crippen LogP contribution in [-0.4, -0.2) is 17.8 Å². The van der Waals surface area contributed by atoms with Gasteiger partial charge in [0.1, 0.15) is 5.75 Å². The number of carbonyl (C=O) groups excluding carboxylic acids is 3. The van der Waals surface area contributed by atoms with Crippen LogP contribution in [0.15, 0.2) is 66.7 Å². The summed E-state index contributed by atoms with van der Waals surface area (Å²) < 4.78 is 5.39. The van der Waals surface area contributed by atoms with Crippen LogP contribution in [0.4, 0.5) is 5.69 Å². The van der Waals surface area contributed by atoms with Crippen molar-refractivity contribution >= 4 is 23.5 Å². The number of anilines is 1. The maximum absolute atomic E-state index is 13.2. The van der Waals surface area contributed by atoms with Gasteiger partial charge in [-0.1, -0.05) is 36.4 Å². The van der Waals surface area contributed by atoms with Crippen molar-refractivity contribution in [3.8, 4) is 5.75 Å². The molecule has 7 rings (SSSR count). The number of amides is 2. The Morgan fingerprint density at radius 1 is 0.862 bits per heavy atom. The fraction of sp³-hybridized carbons (Fsp3) is 0.292. The van der Waals surface area contributed by atoms with Crippen LogP contribution in [-0.2, 0) is 9.59 Å². The Labute approximate surface area is 168 Å². The minimum atomic E-state index is -0.516. The molecule has 4 aliphatic carbocycles. The minimum Gasteiger partial charge on any atom is -0.423 e. The molecular weight excluding hydrogens is 366 g/mol. The minimum absolute atomic E-state index is 0.127. The number of allylic oxidation sites excluding steroid dienone is 2. The molecule has 0 aromatic heterocycles. The van der Waals surface area contributed by atoms with E-state index in [1.165, 1.54) is 4.90 Å². The Morgan fingerprint density at radius 2 is 1.52 bits per heavy atom. The molecule has 3 fully saturated rings. The van der Waals surface area contributed by atoms with Gasteiger partial charge in [0.15, 0.2) is 0 Å². The van der Waals surface area contributed by atoms with Crippen molar-refractivity contribution in [1.29, 1.82) is 0 Å². The molecule has 144 valence electrons. The van der Waals surface area contributed by atoms with Crippen LogP contribution in [0, 0.1) is 35.5 Å². The monoisotopic (exact) mass is 385 g/mol. The van der Waals surface area contributed by atoms with E-state index >= 15 is 0 Å². The third-order valence-electron chi connectivity index (χ3n) is 6.96. The number of para-hydroxylation sites is 1. The van der Waals surface area contributed by atoms with Gasteiger partial charge in [0.2, 0.25) is 11.8 Å². The van der Waals surface area contributed by atoms with Crippen molar-refractivity contribution in [3.63, 3.8) is 0 Å². The maximum atomic E-state index is 13.2. The topological polar surface area (TPSA) is 63.7 Å². The third kappa shape index (κ3) is 2.36. The van der Waals surface area contributed by atoms with E-state index in [1.807, 2.05) is 6.07 Å². The van der Waals surface area contributed by atoms with Crippen LogP contribution in [0.1, 0.15) is 16.8 Å². The Morgan fingerprint density at radius 3 is 2.17 bits per heavy atom. The predicted octanol–water partition coefficient (Wildman–Crippen LogP) is 3.46. The SMILES string of the molecule is O=C(Oc1ccccc1)c1cccc(N2C(=O)[C@@H]3[C@H]4C=C[C@@H]([C@@H]5C[C@@H]45)[C@@H]3C2=O)c1. The van der Waals surface area contributed by atoms with Gasteiger partial charge in [0.25, 0.3) is 0 Å². The van der Waals surface area contributed by atoms with Crippen molar-refractivity contribution in [2.75, 3.05) is 4.90 Å². The van der Waals surface area contributed by atoms with Crippen molar-refractivity contribution in [1.82, 2.24) is 0 Å².